The summed E-state index contributed by atoms with van der Waals surface area (Å²) in [6, 6.07) is 9.02. The van der Waals surface area contributed by atoms with Crippen LogP contribution < -0.4 is 10.1 Å². The van der Waals surface area contributed by atoms with Crippen LogP contribution in [0.5, 0.6) is 5.75 Å². The van der Waals surface area contributed by atoms with Gasteiger partial charge >= 0.3 is 5.97 Å². The van der Waals surface area contributed by atoms with Crippen molar-refractivity contribution in [1.82, 2.24) is 0 Å². The van der Waals surface area contributed by atoms with E-state index in [1.807, 2.05) is 19.1 Å². The summed E-state index contributed by atoms with van der Waals surface area (Å²) < 4.78 is 5.36. The van der Waals surface area contributed by atoms with Gasteiger partial charge in [-0.25, -0.2) is 4.79 Å². The topological polar surface area (TPSA) is 75.6 Å². The number of carboxylic acids is 1. The standard InChI is InChI=1S/C15H15NO4S/c1-9-3-5-11(6-4-9)20-8-12(17)16-13-7-10(2)14(21-13)15(18)19/h3-7H,8H2,1-2H3,(H,16,17)(H,18,19). The Kier molecular flexibility index (Phi) is 4.59. The number of ether oxygens (including phenoxy) is 1. The molecule has 0 bridgehead atoms. The lowest BCUT2D eigenvalue weighted by molar-refractivity contribution is -0.118. The number of hydrogen-bond acceptors (Lipinski definition) is 4. The van der Waals surface area contributed by atoms with Gasteiger partial charge in [0.05, 0.1) is 5.00 Å². The fourth-order valence-electron chi connectivity index (χ4n) is 1.71. The molecule has 0 aliphatic heterocycles. The Hall–Kier alpha value is -2.34. The summed E-state index contributed by atoms with van der Waals surface area (Å²) in [6.07, 6.45) is 0. The van der Waals surface area contributed by atoms with Crippen molar-refractivity contribution in [3.05, 3.63) is 46.3 Å². The van der Waals surface area contributed by atoms with E-state index in [2.05, 4.69) is 5.32 Å². The lowest BCUT2D eigenvalue weighted by Crippen LogP contribution is -2.19. The Morgan fingerprint density at radius 1 is 1.24 bits per heavy atom. The molecule has 2 N–H and O–H groups in total. The van der Waals surface area contributed by atoms with Crippen LogP contribution in [0.3, 0.4) is 0 Å². The molecule has 0 atom stereocenters. The van der Waals surface area contributed by atoms with Crippen LogP contribution in [0.1, 0.15) is 20.8 Å². The van der Waals surface area contributed by atoms with Gasteiger partial charge in [-0.1, -0.05) is 17.7 Å². The van der Waals surface area contributed by atoms with E-state index >= 15 is 0 Å². The molecule has 0 unspecified atom stereocenters. The minimum Gasteiger partial charge on any atom is -0.484 e. The Bertz CT molecular complexity index is 661. The second kappa shape index (κ2) is 6.41. The van der Waals surface area contributed by atoms with Crippen LogP contribution in [0.4, 0.5) is 5.00 Å². The summed E-state index contributed by atoms with van der Waals surface area (Å²) in [5, 5.41) is 12.1. The maximum absolute atomic E-state index is 11.8. The number of carboxylic acid groups (broad SMARTS) is 1. The monoisotopic (exact) mass is 305 g/mol. The van der Waals surface area contributed by atoms with E-state index < -0.39 is 5.97 Å². The number of hydrogen-bond donors (Lipinski definition) is 2. The van der Waals surface area contributed by atoms with Crippen LogP contribution in [0.2, 0.25) is 0 Å². The first kappa shape index (κ1) is 15.1. The third-order valence-electron chi connectivity index (χ3n) is 2.77. The number of nitrogens with one attached hydrogen (secondary N) is 1. The van der Waals surface area contributed by atoms with E-state index in [-0.39, 0.29) is 17.4 Å². The van der Waals surface area contributed by atoms with Gasteiger partial charge in [-0.3, -0.25) is 4.79 Å². The highest BCUT2D eigenvalue weighted by Crippen LogP contribution is 2.26. The van der Waals surface area contributed by atoms with Gasteiger partial charge in [0.1, 0.15) is 10.6 Å². The molecule has 1 aromatic carbocycles. The Balaban J connectivity index is 1.91. The Morgan fingerprint density at radius 3 is 2.48 bits per heavy atom. The fourth-order valence-corrected chi connectivity index (χ4v) is 2.64. The molecular formula is C15H15NO4S. The fraction of sp³-hybridized carbons (Fsp3) is 0.200. The summed E-state index contributed by atoms with van der Waals surface area (Å²) in [7, 11) is 0. The molecule has 0 radical (unpaired) electrons. The quantitative estimate of drug-likeness (QED) is 0.890. The van der Waals surface area contributed by atoms with E-state index in [1.165, 1.54) is 0 Å². The third-order valence-corrected chi connectivity index (χ3v) is 3.91. The molecule has 0 saturated carbocycles. The van der Waals surface area contributed by atoms with Crippen LogP contribution >= 0.6 is 11.3 Å². The minimum atomic E-state index is -0.992. The second-order valence-electron chi connectivity index (χ2n) is 4.58. The number of amides is 1. The van der Waals surface area contributed by atoms with Gasteiger partial charge in [-0.15, -0.1) is 11.3 Å². The highest BCUT2D eigenvalue weighted by molar-refractivity contribution is 7.18. The number of carbonyl (C=O) groups excluding carboxylic acids is 1. The van der Waals surface area contributed by atoms with Crippen molar-refractivity contribution in [3.8, 4) is 5.75 Å². The zero-order chi connectivity index (χ0) is 15.4. The average molecular weight is 305 g/mol. The van der Waals surface area contributed by atoms with Crippen LogP contribution in [0, 0.1) is 13.8 Å². The zero-order valence-corrected chi connectivity index (χ0v) is 12.5. The molecule has 0 spiro atoms. The molecule has 6 heteroatoms. The van der Waals surface area contributed by atoms with Crippen LogP contribution in [-0.2, 0) is 4.79 Å². The van der Waals surface area contributed by atoms with Gasteiger partial charge in [0.15, 0.2) is 6.61 Å². The molecule has 2 rings (SSSR count). The van der Waals surface area contributed by atoms with Gasteiger partial charge in [-0.2, -0.15) is 0 Å². The number of anilines is 1. The lowest BCUT2D eigenvalue weighted by Gasteiger charge is -2.06. The third kappa shape index (κ3) is 4.06. The van der Waals surface area contributed by atoms with E-state index in [9.17, 15) is 9.59 Å². The van der Waals surface area contributed by atoms with Crippen molar-refractivity contribution in [3.63, 3.8) is 0 Å². The molecule has 110 valence electrons. The molecule has 21 heavy (non-hydrogen) atoms. The van der Waals surface area contributed by atoms with Crippen molar-refractivity contribution in [2.75, 3.05) is 11.9 Å². The molecule has 1 heterocycles. The van der Waals surface area contributed by atoms with E-state index in [4.69, 9.17) is 9.84 Å². The van der Waals surface area contributed by atoms with Crippen LogP contribution in [0.25, 0.3) is 0 Å². The van der Waals surface area contributed by atoms with E-state index in [1.54, 1.807) is 25.1 Å². The van der Waals surface area contributed by atoms with Gasteiger partial charge in [-0.05, 0) is 37.6 Å². The summed E-state index contributed by atoms with van der Waals surface area (Å²) >= 11 is 1.03. The molecule has 1 amide bonds. The Morgan fingerprint density at radius 2 is 1.90 bits per heavy atom. The van der Waals surface area contributed by atoms with Crippen LogP contribution in [-0.4, -0.2) is 23.6 Å². The summed E-state index contributed by atoms with van der Waals surface area (Å²) in [5.41, 5.74) is 1.74. The highest BCUT2D eigenvalue weighted by Gasteiger charge is 2.13. The molecule has 0 aliphatic carbocycles. The number of thiophene rings is 1. The van der Waals surface area contributed by atoms with Crippen molar-refractivity contribution in [2.45, 2.75) is 13.8 Å². The summed E-state index contributed by atoms with van der Waals surface area (Å²) in [5.74, 6) is -0.702. The number of benzene rings is 1. The van der Waals surface area contributed by atoms with Gasteiger partial charge in [0, 0.05) is 0 Å². The predicted molar refractivity (Wildman–Crippen MR) is 81.3 cm³/mol. The molecule has 5 nitrogen and oxygen atoms in total. The van der Waals surface area contributed by atoms with Gasteiger partial charge < -0.3 is 15.2 Å². The lowest BCUT2D eigenvalue weighted by atomic mass is 10.2. The normalized spacial score (nSPS) is 10.2. The smallest absolute Gasteiger partial charge is 0.346 e. The zero-order valence-electron chi connectivity index (χ0n) is 11.7. The largest absolute Gasteiger partial charge is 0.484 e. The first-order chi connectivity index (χ1) is 9.95. The van der Waals surface area contributed by atoms with Gasteiger partial charge in [0.25, 0.3) is 5.91 Å². The minimum absolute atomic E-state index is 0.123. The molecule has 0 saturated heterocycles. The Labute approximate surface area is 126 Å². The highest BCUT2D eigenvalue weighted by atomic mass is 32.1. The van der Waals surface area contributed by atoms with E-state index in [0.717, 1.165) is 16.9 Å². The molecule has 0 aliphatic rings. The average Bonchev–Trinajstić information content (AvgIpc) is 2.79. The number of aromatic carboxylic acids is 1. The molecule has 0 fully saturated rings. The predicted octanol–water partition coefficient (Wildman–Crippen LogP) is 3.08. The first-order valence-corrected chi connectivity index (χ1v) is 7.10. The second-order valence-corrected chi connectivity index (χ2v) is 5.63. The number of rotatable bonds is 5. The van der Waals surface area contributed by atoms with Crippen molar-refractivity contribution < 1.29 is 19.4 Å². The molecular weight excluding hydrogens is 290 g/mol. The van der Waals surface area contributed by atoms with Crippen LogP contribution in [0.15, 0.2) is 30.3 Å². The number of carbonyl (C=O) groups is 2. The van der Waals surface area contributed by atoms with Crippen molar-refractivity contribution in [1.29, 1.82) is 0 Å². The SMILES string of the molecule is Cc1ccc(OCC(=O)Nc2cc(C)c(C(=O)O)s2)cc1. The maximum Gasteiger partial charge on any atom is 0.346 e. The van der Waals surface area contributed by atoms with Crippen molar-refractivity contribution in [2.24, 2.45) is 0 Å². The molecule has 2 aromatic rings. The van der Waals surface area contributed by atoms with Gasteiger partial charge in [0.2, 0.25) is 0 Å². The summed E-state index contributed by atoms with van der Waals surface area (Å²) in [4.78, 5) is 22.9. The van der Waals surface area contributed by atoms with Crippen molar-refractivity contribution >= 4 is 28.2 Å². The summed E-state index contributed by atoms with van der Waals surface area (Å²) in [6.45, 7) is 3.54. The van der Waals surface area contributed by atoms with E-state index in [0.29, 0.717) is 16.3 Å². The number of aryl methyl sites for hydroxylation is 2. The first-order valence-electron chi connectivity index (χ1n) is 6.29. The maximum atomic E-state index is 11.8. The molecule has 1 aromatic heterocycles.